The molecule has 0 spiro atoms. The predicted octanol–water partition coefficient (Wildman–Crippen LogP) is 3.63. The Morgan fingerprint density at radius 3 is 2.76 bits per heavy atom. The maximum Gasteiger partial charge on any atom is 0.123 e. The number of nitrogens with zero attached hydrogens (tertiary/aromatic N) is 2. The molecule has 1 atom stereocenters. The summed E-state index contributed by atoms with van der Waals surface area (Å²) in [4.78, 5) is 0. The van der Waals surface area contributed by atoms with Crippen molar-refractivity contribution in [2.75, 3.05) is 6.54 Å². The highest BCUT2D eigenvalue weighted by Gasteiger charge is 2.15. The van der Waals surface area contributed by atoms with Crippen LogP contribution in [-0.4, -0.2) is 16.3 Å². The lowest BCUT2D eigenvalue weighted by Crippen LogP contribution is -2.25. The van der Waals surface area contributed by atoms with Crippen LogP contribution in [0.3, 0.4) is 0 Å². The van der Waals surface area contributed by atoms with Crippen LogP contribution < -0.4 is 5.32 Å². The number of halogens is 1. The van der Waals surface area contributed by atoms with Gasteiger partial charge in [0.1, 0.15) is 5.82 Å². The lowest BCUT2D eigenvalue weighted by molar-refractivity contribution is 0.499. The van der Waals surface area contributed by atoms with E-state index in [1.54, 1.807) is 12.1 Å². The molecule has 21 heavy (non-hydrogen) atoms. The highest BCUT2D eigenvalue weighted by atomic mass is 19.1. The van der Waals surface area contributed by atoms with Crippen LogP contribution in [0.25, 0.3) is 0 Å². The Bertz CT molecular complexity index is 577. The van der Waals surface area contributed by atoms with E-state index < -0.39 is 0 Å². The number of rotatable bonds is 7. The van der Waals surface area contributed by atoms with Gasteiger partial charge in [-0.15, -0.1) is 0 Å². The van der Waals surface area contributed by atoms with Crippen LogP contribution in [-0.2, 0) is 13.0 Å². The van der Waals surface area contributed by atoms with Crippen LogP contribution in [0.15, 0.2) is 30.3 Å². The Morgan fingerprint density at radius 2 is 2.10 bits per heavy atom. The van der Waals surface area contributed by atoms with Crippen molar-refractivity contribution in [1.82, 2.24) is 15.1 Å². The molecule has 0 aliphatic heterocycles. The highest BCUT2D eigenvalue weighted by molar-refractivity contribution is 5.23. The summed E-state index contributed by atoms with van der Waals surface area (Å²) in [5.41, 5.74) is 3.21. The number of benzene rings is 1. The third-order valence-corrected chi connectivity index (χ3v) is 3.59. The first-order valence-electron chi connectivity index (χ1n) is 7.66. The van der Waals surface area contributed by atoms with Crippen molar-refractivity contribution in [1.29, 1.82) is 0 Å². The molecule has 3 nitrogen and oxygen atoms in total. The second-order valence-electron chi connectivity index (χ2n) is 5.36. The fourth-order valence-corrected chi connectivity index (χ4v) is 2.60. The minimum atomic E-state index is -0.184. The lowest BCUT2D eigenvalue weighted by Gasteiger charge is -2.19. The van der Waals surface area contributed by atoms with Crippen molar-refractivity contribution in [3.63, 3.8) is 0 Å². The summed E-state index contributed by atoms with van der Waals surface area (Å²) in [6.07, 6.45) is 1.87. The average molecular weight is 289 g/mol. The van der Waals surface area contributed by atoms with Crippen molar-refractivity contribution < 1.29 is 4.39 Å². The highest BCUT2D eigenvalue weighted by Crippen LogP contribution is 2.20. The maximum absolute atomic E-state index is 13.5. The standard InChI is InChI=1S/C17H24FN3/c1-4-9-19-17(14-7-6-8-15(18)11-14)12-16-10-13(3)20-21(16)5-2/h6-8,10-11,17,19H,4-5,9,12H2,1-3H3. The molecule has 4 heteroatoms. The molecule has 2 rings (SSSR count). The molecule has 0 radical (unpaired) electrons. The molecule has 114 valence electrons. The summed E-state index contributed by atoms with van der Waals surface area (Å²) < 4.78 is 15.5. The van der Waals surface area contributed by atoms with Crippen LogP contribution in [0.1, 0.15) is 43.3 Å². The summed E-state index contributed by atoms with van der Waals surface area (Å²) >= 11 is 0. The first kappa shape index (κ1) is 15.7. The number of nitrogens with one attached hydrogen (secondary N) is 1. The number of hydrogen-bond acceptors (Lipinski definition) is 2. The normalized spacial score (nSPS) is 12.6. The van der Waals surface area contributed by atoms with Gasteiger partial charge in [-0.1, -0.05) is 19.1 Å². The van der Waals surface area contributed by atoms with E-state index in [0.29, 0.717) is 0 Å². The molecule has 1 aromatic carbocycles. The summed E-state index contributed by atoms with van der Waals surface area (Å²) in [6.45, 7) is 8.00. The molecule has 0 aliphatic rings. The van der Waals surface area contributed by atoms with Gasteiger partial charge < -0.3 is 5.32 Å². The minimum Gasteiger partial charge on any atom is -0.310 e. The largest absolute Gasteiger partial charge is 0.310 e. The summed E-state index contributed by atoms with van der Waals surface area (Å²) in [5.74, 6) is -0.184. The lowest BCUT2D eigenvalue weighted by atomic mass is 10.0. The van der Waals surface area contributed by atoms with Crippen molar-refractivity contribution in [3.05, 3.63) is 53.1 Å². The zero-order valence-electron chi connectivity index (χ0n) is 13.1. The van der Waals surface area contributed by atoms with Gasteiger partial charge >= 0.3 is 0 Å². The van der Waals surface area contributed by atoms with Gasteiger partial charge in [-0.2, -0.15) is 5.10 Å². The van der Waals surface area contributed by atoms with E-state index in [0.717, 1.165) is 37.2 Å². The molecule has 0 aliphatic carbocycles. The molecule has 1 aromatic heterocycles. The summed E-state index contributed by atoms with van der Waals surface area (Å²) in [5, 5.41) is 8.00. The van der Waals surface area contributed by atoms with Crippen molar-refractivity contribution in [3.8, 4) is 0 Å². The molecule has 0 fully saturated rings. The molecular formula is C17H24FN3. The van der Waals surface area contributed by atoms with E-state index in [9.17, 15) is 4.39 Å². The van der Waals surface area contributed by atoms with Gasteiger partial charge in [-0.25, -0.2) is 4.39 Å². The number of aromatic nitrogens is 2. The second kappa shape index (κ2) is 7.36. The van der Waals surface area contributed by atoms with E-state index in [2.05, 4.69) is 30.3 Å². The fraction of sp³-hybridized carbons (Fsp3) is 0.471. The quantitative estimate of drug-likeness (QED) is 0.843. The van der Waals surface area contributed by atoms with Crippen LogP contribution in [0.4, 0.5) is 4.39 Å². The number of hydrogen-bond donors (Lipinski definition) is 1. The van der Waals surface area contributed by atoms with E-state index in [-0.39, 0.29) is 11.9 Å². The molecule has 2 aromatic rings. The Labute approximate surface area is 126 Å². The molecular weight excluding hydrogens is 265 g/mol. The molecule has 0 saturated carbocycles. The fourth-order valence-electron chi connectivity index (χ4n) is 2.60. The number of aryl methyl sites for hydroxylation is 2. The molecule has 1 heterocycles. The molecule has 1 unspecified atom stereocenters. The van der Waals surface area contributed by atoms with Crippen molar-refractivity contribution in [2.24, 2.45) is 0 Å². The first-order chi connectivity index (χ1) is 10.1. The maximum atomic E-state index is 13.5. The van der Waals surface area contributed by atoms with Gasteiger partial charge in [0.2, 0.25) is 0 Å². The zero-order chi connectivity index (χ0) is 15.2. The van der Waals surface area contributed by atoms with Gasteiger partial charge in [0.15, 0.2) is 0 Å². The SMILES string of the molecule is CCCNC(Cc1cc(C)nn1CC)c1cccc(F)c1. The first-order valence-corrected chi connectivity index (χ1v) is 7.66. The van der Waals surface area contributed by atoms with E-state index in [4.69, 9.17) is 0 Å². The summed E-state index contributed by atoms with van der Waals surface area (Å²) in [7, 11) is 0. The van der Waals surface area contributed by atoms with Gasteiger partial charge in [-0.3, -0.25) is 4.68 Å². The molecule has 1 N–H and O–H groups in total. The van der Waals surface area contributed by atoms with Crippen molar-refractivity contribution in [2.45, 2.75) is 46.2 Å². The molecule has 0 bridgehead atoms. The Balaban J connectivity index is 2.23. The van der Waals surface area contributed by atoms with Gasteiger partial charge in [0.05, 0.1) is 5.69 Å². The third kappa shape index (κ3) is 4.14. The minimum absolute atomic E-state index is 0.113. The second-order valence-corrected chi connectivity index (χ2v) is 5.36. The van der Waals surface area contributed by atoms with Gasteiger partial charge in [0, 0.05) is 24.7 Å². The van der Waals surface area contributed by atoms with E-state index in [1.165, 1.54) is 11.8 Å². The van der Waals surface area contributed by atoms with Gasteiger partial charge in [-0.05, 0) is 50.6 Å². The Morgan fingerprint density at radius 1 is 1.29 bits per heavy atom. The average Bonchev–Trinajstić information content (AvgIpc) is 2.83. The van der Waals surface area contributed by atoms with E-state index in [1.807, 2.05) is 17.7 Å². The zero-order valence-corrected chi connectivity index (χ0v) is 13.1. The van der Waals surface area contributed by atoms with E-state index >= 15 is 0 Å². The van der Waals surface area contributed by atoms with Crippen LogP contribution >= 0.6 is 0 Å². The predicted molar refractivity (Wildman–Crippen MR) is 83.8 cm³/mol. The Kier molecular flexibility index (Phi) is 5.51. The van der Waals surface area contributed by atoms with Crippen LogP contribution in [0.5, 0.6) is 0 Å². The smallest absolute Gasteiger partial charge is 0.123 e. The topological polar surface area (TPSA) is 29.9 Å². The van der Waals surface area contributed by atoms with Crippen LogP contribution in [0.2, 0.25) is 0 Å². The molecule has 0 saturated heterocycles. The third-order valence-electron chi connectivity index (χ3n) is 3.59. The Hall–Kier alpha value is -1.68. The van der Waals surface area contributed by atoms with Crippen molar-refractivity contribution >= 4 is 0 Å². The van der Waals surface area contributed by atoms with Gasteiger partial charge in [0.25, 0.3) is 0 Å². The monoisotopic (exact) mass is 289 g/mol. The van der Waals surface area contributed by atoms with Crippen LogP contribution in [0, 0.1) is 12.7 Å². The molecule has 0 amide bonds. The summed E-state index contributed by atoms with van der Waals surface area (Å²) in [6, 6.07) is 9.09.